The summed E-state index contributed by atoms with van der Waals surface area (Å²) >= 11 is 15.2. The van der Waals surface area contributed by atoms with Crippen LogP contribution in [0.3, 0.4) is 0 Å². The summed E-state index contributed by atoms with van der Waals surface area (Å²) < 4.78 is 8.74. The van der Waals surface area contributed by atoms with Crippen LogP contribution in [0, 0.1) is 7.69 Å². The van der Waals surface area contributed by atoms with Crippen LogP contribution < -0.4 is 0 Å². The highest BCUT2D eigenvalue weighted by Crippen LogP contribution is 2.43. The van der Waals surface area contributed by atoms with Crippen LogP contribution in [0.5, 0.6) is 0 Å². The minimum absolute atomic E-state index is 1.45. The monoisotopic (exact) mass is 388 g/mol. The predicted octanol–water partition coefficient (Wildman–Crippen LogP) is 6.67. The molecule has 0 aromatic carbocycles. The molecule has 0 aromatic heterocycles. The van der Waals surface area contributed by atoms with Crippen LogP contribution in [0.25, 0.3) is 0 Å². The minimum Gasteiger partial charge on any atom is -0.117 e. The largest absolute Gasteiger partial charge is 0.117 e. The Morgan fingerprint density at radius 3 is 0.889 bits per heavy atom. The van der Waals surface area contributed by atoms with Gasteiger partial charge in [-0.2, -0.15) is 0 Å². The molecule has 2 aliphatic rings. The zero-order chi connectivity index (χ0) is 13.1. The summed E-state index contributed by atoms with van der Waals surface area (Å²) in [4.78, 5) is 0. The van der Waals surface area contributed by atoms with Gasteiger partial charge in [0.15, 0.2) is 0 Å². The Kier molecular flexibility index (Phi) is 6.61. The standard InChI is InChI=1S/C10H12S8/c1-11-5-6(12-2)16-10-9(15-5)17-7(13-3)8(14-4)18-10/h1-4H3. The zero-order valence-electron chi connectivity index (χ0n) is 10.3. The van der Waals surface area contributed by atoms with Crippen molar-refractivity contribution in [2.45, 2.75) is 16.8 Å². The van der Waals surface area contributed by atoms with E-state index in [9.17, 15) is 0 Å². The molecule has 0 unspecified atom stereocenters. The normalized spacial score (nSPS) is 11.1. The van der Waals surface area contributed by atoms with Crippen LogP contribution in [0.4, 0.5) is 0 Å². The van der Waals surface area contributed by atoms with Gasteiger partial charge in [-0.1, -0.05) is 0 Å². The van der Waals surface area contributed by atoms with E-state index in [0.29, 0.717) is 0 Å². The molecular weight excluding hydrogens is 377 g/mol. The maximum atomic E-state index is 2.17. The molecule has 0 spiro atoms. The molecule has 0 bridgehead atoms. The molecule has 0 radical (unpaired) electrons. The van der Waals surface area contributed by atoms with Gasteiger partial charge >= 0.3 is 0 Å². The molecule has 18 heavy (non-hydrogen) atoms. The summed E-state index contributed by atoms with van der Waals surface area (Å²) in [5, 5.41) is 0. The van der Waals surface area contributed by atoms with Crippen LogP contribution in [0.2, 0.25) is 0 Å². The molecule has 0 N–H and O–H groups in total. The van der Waals surface area contributed by atoms with Crippen molar-refractivity contribution in [3.63, 3.8) is 0 Å². The third-order valence-corrected chi connectivity index (χ3v) is 12.9. The zero-order valence-corrected chi connectivity index (χ0v) is 16.8. The molecule has 0 aromatic rings. The highest BCUT2D eigenvalue weighted by Gasteiger charge is 2.09. The SMILES string of the molecule is CSc1sc2sc(SC)c(SC)sc=2sc1SC. The van der Waals surface area contributed by atoms with Crippen molar-refractivity contribution in [3.8, 4) is 0 Å². The highest BCUT2D eigenvalue weighted by molar-refractivity contribution is 8.05. The topological polar surface area (TPSA) is 0 Å². The van der Waals surface area contributed by atoms with Gasteiger partial charge in [0, 0.05) is 0 Å². The van der Waals surface area contributed by atoms with Gasteiger partial charge in [0.25, 0.3) is 0 Å². The highest BCUT2D eigenvalue weighted by atomic mass is 32.2. The average Bonchev–Trinajstić information content (AvgIpc) is 2.43. The van der Waals surface area contributed by atoms with Gasteiger partial charge in [-0.25, -0.2) is 0 Å². The van der Waals surface area contributed by atoms with Crippen LogP contribution in [-0.2, 0) is 0 Å². The lowest BCUT2D eigenvalue weighted by atomic mass is 11.1. The second-order valence-corrected chi connectivity index (χ2v) is 11.8. The van der Waals surface area contributed by atoms with E-state index in [1.165, 1.54) is 24.5 Å². The molecule has 0 aliphatic carbocycles. The summed E-state index contributed by atoms with van der Waals surface area (Å²) in [6.07, 6.45) is 8.68. The lowest BCUT2D eigenvalue weighted by molar-refractivity contribution is 1.50. The number of hydrogen-bond acceptors (Lipinski definition) is 8. The second kappa shape index (κ2) is 7.49. The average molecular weight is 389 g/mol. The molecule has 0 saturated heterocycles. The molecule has 2 aliphatic heterocycles. The van der Waals surface area contributed by atoms with Gasteiger partial charge < -0.3 is 0 Å². The molecule has 2 heterocycles. The summed E-state index contributed by atoms with van der Waals surface area (Å²) in [5.41, 5.74) is 0. The molecule has 2 rings (SSSR count). The van der Waals surface area contributed by atoms with Gasteiger partial charge in [0.1, 0.15) is 7.69 Å². The molecule has 8 heteroatoms. The van der Waals surface area contributed by atoms with E-state index in [1.54, 1.807) is 0 Å². The van der Waals surface area contributed by atoms with Crippen LogP contribution in [0.1, 0.15) is 0 Å². The van der Waals surface area contributed by atoms with Crippen molar-refractivity contribution >= 4 is 92.4 Å². The first-order valence-electron chi connectivity index (χ1n) is 4.83. The van der Waals surface area contributed by atoms with Crippen LogP contribution >= 0.6 is 92.4 Å². The molecule has 0 atom stereocenters. The smallest absolute Gasteiger partial charge is 0.109 e. The van der Waals surface area contributed by atoms with Gasteiger partial charge in [-0.3, -0.25) is 0 Å². The van der Waals surface area contributed by atoms with Crippen molar-refractivity contribution in [1.29, 1.82) is 0 Å². The van der Waals surface area contributed by atoms with Gasteiger partial charge in [0.05, 0.1) is 16.8 Å². The fraction of sp³-hybridized carbons (Fsp3) is 0.400. The Morgan fingerprint density at radius 1 is 0.500 bits per heavy atom. The van der Waals surface area contributed by atoms with Crippen LogP contribution in [0.15, 0.2) is 16.8 Å². The van der Waals surface area contributed by atoms with E-state index < -0.39 is 0 Å². The molecule has 100 valence electrons. The number of hydrogen-bond donors (Lipinski definition) is 0. The summed E-state index contributed by atoms with van der Waals surface area (Å²) in [6.45, 7) is 0. The second-order valence-electron chi connectivity index (χ2n) is 2.95. The number of thioether (sulfide) groups is 4. The van der Waals surface area contributed by atoms with E-state index in [-0.39, 0.29) is 0 Å². The van der Waals surface area contributed by atoms with Crippen molar-refractivity contribution in [2.75, 3.05) is 25.0 Å². The lowest BCUT2D eigenvalue weighted by Gasteiger charge is -2.06. The van der Waals surface area contributed by atoms with E-state index in [2.05, 4.69) is 25.0 Å². The summed E-state index contributed by atoms with van der Waals surface area (Å²) in [5.74, 6) is 0. The van der Waals surface area contributed by atoms with E-state index >= 15 is 0 Å². The molecular formula is C10H12S8. The van der Waals surface area contributed by atoms with Gasteiger partial charge in [-0.05, 0) is 25.0 Å². The fourth-order valence-electron chi connectivity index (χ4n) is 1.21. The Hall–Kier alpha value is 1.50. The summed E-state index contributed by atoms with van der Waals surface area (Å²) in [6, 6.07) is 0. The van der Waals surface area contributed by atoms with Gasteiger partial charge in [-0.15, -0.1) is 92.4 Å². The first-order valence-corrected chi connectivity index (χ1v) is 13.0. The van der Waals surface area contributed by atoms with Crippen molar-refractivity contribution in [1.82, 2.24) is 0 Å². The van der Waals surface area contributed by atoms with E-state index in [0.717, 1.165) is 0 Å². The van der Waals surface area contributed by atoms with Crippen molar-refractivity contribution < 1.29 is 0 Å². The lowest BCUT2D eigenvalue weighted by Crippen LogP contribution is -1.75. The quantitative estimate of drug-likeness (QED) is 0.536. The van der Waals surface area contributed by atoms with Gasteiger partial charge in [0.2, 0.25) is 0 Å². The molecule has 0 amide bonds. The maximum absolute atomic E-state index is 2.17. The maximum Gasteiger partial charge on any atom is 0.109 e. The van der Waals surface area contributed by atoms with Crippen molar-refractivity contribution in [2.24, 2.45) is 0 Å². The fourth-order valence-corrected chi connectivity index (χ4v) is 11.5. The van der Waals surface area contributed by atoms with Crippen molar-refractivity contribution in [3.05, 3.63) is 7.69 Å². The van der Waals surface area contributed by atoms with E-state index in [1.807, 2.05) is 92.4 Å². The molecule has 0 nitrogen and oxygen atoms in total. The Morgan fingerprint density at radius 2 is 0.722 bits per heavy atom. The molecule has 0 saturated carbocycles. The number of rotatable bonds is 4. The Balaban J connectivity index is 2.75. The summed E-state index contributed by atoms with van der Waals surface area (Å²) in [7, 11) is 0. The Labute approximate surface area is 140 Å². The van der Waals surface area contributed by atoms with Crippen LogP contribution in [-0.4, -0.2) is 25.0 Å². The first kappa shape index (κ1) is 15.9. The third kappa shape index (κ3) is 3.39. The molecule has 0 fully saturated rings. The minimum atomic E-state index is 1.45. The van der Waals surface area contributed by atoms with E-state index in [4.69, 9.17) is 0 Å². The first-order chi connectivity index (χ1) is 8.73. The Bertz CT molecular complexity index is 507. The predicted molar refractivity (Wildman–Crippen MR) is 98.0 cm³/mol. The third-order valence-electron chi connectivity index (χ3n) is 1.98.